The number of pyridine rings is 2. The first-order valence-corrected chi connectivity index (χ1v) is 6.91. The maximum Gasteiger partial charge on any atom is 0.239 e. The Labute approximate surface area is 120 Å². The van der Waals surface area contributed by atoms with Crippen LogP contribution in [0.3, 0.4) is 0 Å². The van der Waals surface area contributed by atoms with E-state index in [1.807, 2.05) is 19.1 Å². The maximum absolute atomic E-state index is 11.5. The van der Waals surface area contributed by atoms with Gasteiger partial charge in [-0.3, -0.25) is 14.8 Å². The molecule has 0 aliphatic rings. The summed E-state index contributed by atoms with van der Waals surface area (Å²) in [5.74, 6) is -0.0241. The lowest BCUT2D eigenvalue weighted by atomic mass is 10.3. The van der Waals surface area contributed by atoms with E-state index < -0.39 is 0 Å². The summed E-state index contributed by atoms with van der Waals surface area (Å²) in [5.41, 5.74) is 2.35. The molecule has 0 fully saturated rings. The number of hydrogen-bond donors (Lipinski definition) is 2. The molecule has 2 aromatic rings. The predicted molar refractivity (Wildman–Crippen MR) is 79.0 cm³/mol. The van der Waals surface area contributed by atoms with Gasteiger partial charge in [0.05, 0.1) is 17.7 Å². The van der Waals surface area contributed by atoms with E-state index in [0.29, 0.717) is 6.54 Å². The monoisotopic (exact) mass is 322 g/mol. The Morgan fingerprint density at radius 1 is 1.42 bits per heavy atom. The van der Waals surface area contributed by atoms with Crippen LogP contribution in [0, 0.1) is 0 Å². The van der Waals surface area contributed by atoms with Crippen LogP contribution >= 0.6 is 15.9 Å². The molecule has 0 bridgehead atoms. The Bertz CT molecular complexity index is 588. The van der Waals surface area contributed by atoms with Crippen LogP contribution in [0.4, 0.5) is 5.69 Å². The van der Waals surface area contributed by atoms with Crippen LogP contribution in [-0.4, -0.2) is 29.0 Å². The Morgan fingerprint density at radius 3 is 3.05 bits per heavy atom. The van der Waals surface area contributed by atoms with Gasteiger partial charge in [0.1, 0.15) is 5.52 Å². The standard InChI is InChI=1S/C13H15BrN4O/c1-2-4-16-12(19)8-17-10-3-5-15-11-6-9(14)7-18-13(10)11/h3,5-7H,2,4,8H2,1H3,(H,15,17)(H,16,19). The minimum atomic E-state index is -0.0241. The first-order chi connectivity index (χ1) is 9.20. The number of fused-ring (bicyclic) bond motifs is 1. The highest BCUT2D eigenvalue weighted by atomic mass is 79.9. The summed E-state index contributed by atoms with van der Waals surface area (Å²) >= 11 is 3.36. The molecular formula is C13H15BrN4O. The van der Waals surface area contributed by atoms with Crippen LogP contribution in [0.25, 0.3) is 11.0 Å². The minimum Gasteiger partial charge on any atom is -0.374 e. The Balaban J connectivity index is 2.10. The highest BCUT2D eigenvalue weighted by molar-refractivity contribution is 9.10. The molecule has 0 aliphatic carbocycles. The van der Waals surface area contributed by atoms with Gasteiger partial charge in [0.15, 0.2) is 0 Å². The van der Waals surface area contributed by atoms with Gasteiger partial charge in [-0.1, -0.05) is 6.92 Å². The van der Waals surface area contributed by atoms with Gasteiger partial charge >= 0.3 is 0 Å². The highest BCUT2D eigenvalue weighted by Gasteiger charge is 2.05. The van der Waals surface area contributed by atoms with E-state index in [0.717, 1.165) is 27.6 Å². The first-order valence-electron chi connectivity index (χ1n) is 6.11. The number of hydrogen-bond acceptors (Lipinski definition) is 4. The predicted octanol–water partition coefficient (Wildman–Crippen LogP) is 2.33. The lowest BCUT2D eigenvalue weighted by Crippen LogP contribution is -2.30. The smallest absolute Gasteiger partial charge is 0.239 e. The van der Waals surface area contributed by atoms with Crippen LogP contribution in [0.15, 0.2) is 29.0 Å². The number of rotatable bonds is 5. The summed E-state index contributed by atoms with van der Waals surface area (Å²) in [5, 5.41) is 5.90. The van der Waals surface area contributed by atoms with Crippen molar-refractivity contribution in [3.8, 4) is 0 Å². The fraction of sp³-hybridized carbons (Fsp3) is 0.308. The zero-order valence-electron chi connectivity index (χ0n) is 10.6. The summed E-state index contributed by atoms with van der Waals surface area (Å²) < 4.78 is 0.880. The van der Waals surface area contributed by atoms with Crippen molar-refractivity contribution in [1.29, 1.82) is 0 Å². The van der Waals surface area contributed by atoms with Crippen LogP contribution < -0.4 is 10.6 Å². The van der Waals surface area contributed by atoms with E-state index >= 15 is 0 Å². The molecule has 2 heterocycles. The van der Waals surface area contributed by atoms with Crippen molar-refractivity contribution in [2.75, 3.05) is 18.4 Å². The maximum atomic E-state index is 11.5. The first kappa shape index (κ1) is 13.7. The summed E-state index contributed by atoms with van der Waals surface area (Å²) in [6.07, 6.45) is 4.34. The van der Waals surface area contributed by atoms with Crippen LogP contribution in [0.2, 0.25) is 0 Å². The number of anilines is 1. The fourth-order valence-electron chi connectivity index (χ4n) is 1.65. The zero-order chi connectivity index (χ0) is 13.7. The second-order valence-corrected chi connectivity index (χ2v) is 5.00. The molecule has 0 spiro atoms. The molecule has 19 heavy (non-hydrogen) atoms. The molecule has 0 aromatic carbocycles. The summed E-state index contributed by atoms with van der Waals surface area (Å²) in [4.78, 5) is 20.1. The van der Waals surface area contributed by atoms with Crippen molar-refractivity contribution < 1.29 is 4.79 Å². The molecule has 5 nitrogen and oxygen atoms in total. The fourth-order valence-corrected chi connectivity index (χ4v) is 1.97. The van der Waals surface area contributed by atoms with E-state index in [-0.39, 0.29) is 12.5 Å². The molecule has 100 valence electrons. The van der Waals surface area contributed by atoms with Gasteiger partial charge in [-0.25, -0.2) is 0 Å². The third-order valence-electron chi connectivity index (χ3n) is 2.56. The van der Waals surface area contributed by atoms with Crippen molar-refractivity contribution in [3.05, 3.63) is 29.0 Å². The normalized spacial score (nSPS) is 10.4. The number of carbonyl (C=O) groups is 1. The molecule has 2 aromatic heterocycles. The molecule has 2 N–H and O–H groups in total. The van der Waals surface area contributed by atoms with Crippen molar-refractivity contribution >= 4 is 38.6 Å². The molecule has 0 unspecified atom stereocenters. The van der Waals surface area contributed by atoms with Gasteiger partial charge in [-0.2, -0.15) is 0 Å². The van der Waals surface area contributed by atoms with Gasteiger partial charge in [0.25, 0.3) is 0 Å². The van der Waals surface area contributed by atoms with Crippen LogP contribution in [0.1, 0.15) is 13.3 Å². The number of halogens is 1. The molecule has 0 saturated carbocycles. The van der Waals surface area contributed by atoms with Gasteiger partial charge < -0.3 is 10.6 Å². The Hall–Kier alpha value is -1.69. The number of carbonyl (C=O) groups excluding carboxylic acids is 1. The van der Waals surface area contributed by atoms with E-state index in [1.165, 1.54) is 0 Å². The quantitative estimate of drug-likeness (QED) is 0.886. The molecular weight excluding hydrogens is 308 g/mol. The molecule has 0 aliphatic heterocycles. The Kier molecular flexibility index (Phi) is 4.68. The van der Waals surface area contributed by atoms with Crippen LogP contribution in [0.5, 0.6) is 0 Å². The lowest BCUT2D eigenvalue weighted by molar-refractivity contribution is -0.119. The van der Waals surface area contributed by atoms with E-state index in [2.05, 4.69) is 36.5 Å². The molecule has 6 heteroatoms. The van der Waals surface area contributed by atoms with E-state index in [1.54, 1.807) is 12.4 Å². The molecule has 1 amide bonds. The van der Waals surface area contributed by atoms with Gasteiger partial charge in [-0.15, -0.1) is 0 Å². The summed E-state index contributed by atoms with van der Waals surface area (Å²) in [6, 6.07) is 3.71. The lowest BCUT2D eigenvalue weighted by Gasteiger charge is -2.09. The average molecular weight is 323 g/mol. The van der Waals surface area contributed by atoms with Crippen molar-refractivity contribution in [2.24, 2.45) is 0 Å². The summed E-state index contributed by atoms with van der Waals surface area (Å²) in [7, 11) is 0. The SMILES string of the molecule is CCCNC(=O)CNc1ccnc2cc(Br)cnc12. The third-order valence-corrected chi connectivity index (χ3v) is 2.99. The topological polar surface area (TPSA) is 66.9 Å². The van der Waals surface area contributed by atoms with Crippen LogP contribution in [-0.2, 0) is 4.79 Å². The van der Waals surface area contributed by atoms with Crippen molar-refractivity contribution in [2.45, 2.75) is 13.3 Å². The van der Waals surface area contributed by atoms with E-state index in [9.17, 15) is 4.79 Å². The number of nitrogens with zero attached hydrogens (tertiary/aromatic N) is 2. The minimum absolute atomic E-state index is 0.0241. The average Bonchev–Trinajstić information content (AvgIpc) is 2.42. The van der Waals surface area contributed by atoms with Gasteiger partial charge in [0.2, 0.25) is 5.91 Å². The Morgan fingerprint density at radius 2 is 2.26 bits per heavy atom. The molecule has 0 radical (unpaired) electrons. The number of nitrogens with one attached hydrogen (secondary N) is 2. The second-order valence-electron chi connectivity index (χ2n) is 4.08. The summed E-state index contributed by atoms with van der Waals surface area (Å²) in [6.45, 7) is 2.95. The molecule has 0 atom stereocenters. The second kappa shape index (κ2) is 6.47. The zero-order valence-corrected chi connectivity index (χ0v) is 12.2. The van der Waals surface area contributed by atoms with Gasteiger partial charge in [-0.05, 0) is 34.5 Å². The number of aromatic nitrogens is 2. The molecule has 0 saturated heterocycles. The van der Waals surface area contributed by atoms with Gasteiger partial charge in [0, 0.05) is 23.4 Å². The largest absolute Gasteiger partial charge is 0.374 e. The third kappa shape index (κ3) is 3.64. The van der Waals surface area contributed by atoms with E-state index in [4.69, 9.17) is 0 Å². The highest BCUT2D eigenvalue weighted by Crippen LogP contribution is 2.21. The number of amides is 1. The van der Waals surface area contributed by atoms with Crippen molar-refractivity contribution in [3.63, 3.8) is 0 Å². The van der Waals surface area contributed by atoms with Crippen molar-refractivity contribution in [1.82, 2.24) is 15.3 Å². The molecule has 2 rings (SSSR count).